The molecular formula is C31H40FN5O2. The molecule has 3 aliphatic rings. The van der Waals surface area contributed by atoms with E-state index in [1.807, 2.05) is 24.9 Å². The lowest BCUT2D eigenvalue weighted by atomic mass is 9.79. The van der Waals surface area contributed by atoms with E-state index in [0.29, 0.717) is 43.3 Å². The van der Waals surface area contributed by atoms with Crippen molar-refractivity contribution in [1.29, 1.82) is 0 Å². The van der Waals surface area contributed by atoms with Crippen molar-refractivity contribution in [2.24, 2.45) is 18.7 Å². The third kappa shape index (κ3) is 4.98. The van der Waals surface area contributed by atoms with Gasteiger partial charge >= 0.3 is 0 Å². The number of ether oxygens (including phenoxy) is 1. The molecule has 2 aromatic carbocycles. The largest absolute Gasteiger partial charge is 0.377 e. The van der Waals surface area contributed by atoms with Crippen LogP contribution in [0, 0.1) is 11.7 Å². The van der Waals surface area contributed by atoms with Crippen molar-refractivity contribution in [3.05, 3.63) is 53.5 Å². The van der Waals surface area contributed by atoms with E-state index in [9.17, 15) is 9.18 Å². The minimum Gasteiger partial charge on any atom is -0.377 e. The molecule has 3 aromatic rings. The maximum Gasteiger partial charge on any atom is 0.254 e. The number of aromatic nitrogens is 2. The van der Waals surface area contributed by atoms with Gasteiger partial charge in [-0.3, -0.25) is 14.4 Å². The standard InChI is InChI=1S/C31H40FN5O2/c1-19-18-39-11-10-37(19)31(38)28-14-24(32)6-9-26(28)27-12-22(13-30-29(27)15-34-35(30)3)23-16-36(17-23)20(2)21-4-7-25(33)8-5-21/h6,9,12-15,19-21,23,25H,4-5,7-8,10-11,16-18,33H2,1-3H3/t19-,20-,21?,25?/m1/s1. The van der Waals surface area contributed by atoms with Crippen LogP contribution >= 0.6 is 0 Å². The summed E-state index contributed by atoms with van der Waals surface area (Å²) in [4.78, 5) is 18.1. The fraction of sp³-hybridized carbons (Fsp3) is 0.548. The summed E-state index contributed by atoms with van der Waals surface area (Å²) in [5.74, 6) is 0.568. The van der Waals surface area contributed by atoms with Crippen molar-refractivity contribution >= 4 is 16.8 Å². The summed E-state index contributed by atoms with van der Waals surface area (Å²) in [6.45, 7) is 7.87. The average Bonchev–Trinajstić information content (AvgIpc) is 3.28. The summed E-state index contributed by atoms with van der Waals surface area (Å²) < 4.78 is 22.0. The lowest BCUT2D eigenvalue weighted by Crippen LogP contribution is -2.52. The molecule has 1 saturated carbocycles. The van der Waals surface area contributed by atoms with E-state index in [4.69, 9.17) is 10.5 Å². The number of carbonyl (C=O) groups excluding carboxylic acids is 1. The number of hydrogen-bond donors (Lipinski definition) is 1. The molecule has 1 amide bonds. The first-order chi connectivity index (χ1) is 18.8. The van der Waals surface area contributed by atoms with Gasteiger partial charge < -0.3 is 15.4 Å². The Labute approximate surface area is 230 Å². The van der Waals surface area contributed by atoms with Gasteiger partial charge in [-0.25, -0.2) is 4.39 Å². The van der Waals surface area contributed by atoms with Crippen molar-refractivity contribution < 1.29 is 13.9 Å². The summed E-state index contributed by atoms with van der Waals surface area (Å²) in [7, 11) is 1.95. The van der Waals surface area contributed by atoms with Crippen LogP contribution in [0.4, 0.5) is 4.39 Å². The average molecular weight is 534 g/mol. The second-order valence-electron chi connectivity index (χ2n) is 11.9. The first kappa shape index (κ1) is 26.4. The minimum absolute atomic E-state index is 0.0602. The molecule has 39 heavy (non-hydrogen) atoms. The van der Waals surface area contributed by atoms with Crippen LogP contribution in [-0.4, -0.2) is 76.5 Å². The molecule has 2 N–H and O–H groups in total. The van der Waals surface area contributed by atoms with Crippen molar-refractivity contribution in [3.63, 3.8) is 0 Å². The van der Waals surface area contributed by atoms with E-state index >= 15 is 0 Å². The van der Waals surface area contributed by atoms with Crippen LogP contribution in [0.3, 0.4) is 0 Å². The van der Waals surface area contributed by atoms with Gasteiger partial charge in [0.25, 0.3) is 5.91 Å². The number of morpholine rings is 1. The molecule has 0 spiro atoms. The number of benzene rings is 2. The number of likely N-dealkylation sites (tertiary alicyclic amines) is 1. The van der Waals surface area contributed by atoms with Gasteiger partial charge in [0, 0.05) is 50.1 Å². The zero-order valence-corrected chi connectivity index (χ0v) is 23.3. The quantitative estimate of drug-likeness (QED) is 0.521. The van der Waals surface area contributed by atoms with Crippen molar-refractivity contribution in [2.45, 2.75) is 63.6 Å². The molecule has 208 valence electrons. The number of nitrogens with zero attached hydrogens (tertiary/aromatic N) is 4. The Bertz CT molecular complexity index is 1360. The van der Waals surface area contributed by atoms with Gasteiger partial charge in [0.15, 0.2) is 0 Å². The number of carbonyl (C=O) groups is 1. The summed E-state index contributed by atoms with van der Waals surface area (Å²) >= 11 is 0. The summed E-state index contributed by atoms with van der Waals surface area (Å²) in [6, 6.07) is 9.92. The normalized spacial score (nSPS) is 25.6. The monoisotopic (exact) mass is 533 g/mol. The first-order valence-electron chi connectivity index (χ1n) is 14.4. The molecule has 7 nitrogen and oxygen atoms in total. The lowest BCUT2D eigenvalue weighted by Gasteiger charge is -2.47. The van der Waals surface area contributed by atoms with Gasteiger partial charge in [-0.2, -0.15) is 5.10 Å². The Balaban J connectivity index is 1.32. The van der Waals surface area contributed by atoms with Crippen LogP contribution in [0.5, 0.6) is 0 Å². The van der Waals surface area contributed by atoms with Gasteiger partial charge in [0.1, 0.15) is 5.82 Å². The Morgan fingerprint density at radius 3 is 2.64 bits per heavy atom. The smallest absolute Gasteiger partial charge is 0.254 e. The fourth-order valence-corrected chi connectivity index (χ4v) is 6.82. The summed E-state index contributed by atoms with van der Waals surface area (Å²) in [5.41, 5.74) is 10.5. The SMILES string of the molecule is C[C@H](C1CCC(N)CC1)N1CC(c2cc(-c3ccc(F)cc3C(=O)N3CCOC[C@H]3C)c3cnn(C)c3c2)C1. The minimum atomic E-state index is -0.408. The van der Waals surface area contributed by atoms with Crippen molar-refractivity contribution in [1.82, 2.24) is 19.6 Å². The van der Waals surface area contributed by atoms with Gasteiger partial charge in [-0.1, -0.05) is 6.07 Å². The van der Waals surface area contributed by atoms with Gasteiger partial charge in [-0.05, 0) is 86.4 Å². The van der Waals surface area contributed by atoms with Crippen LogP contribution in [0.15, 0.2) is 36.5 Å². The highest BCUT2D eigenvalue weighted by molar-refractivity contribution is 6.05. The highest BCUT2D eigenvalue weighted by Gasteiger charge is 2.36. The van der Waals surface area contributed by atoms with Gasteiger partial charge in [0.2, 0.25) is 0 Å². The number of aryl methyl sites for hydroxylation is 1. The Morgan fingerprint density at radius 1 is 1.13 bits per heavy atom. The van der Waals surface area contributed by atoms with Gasteiger partial charge in [-0.15, -0.1) is 0 Å². The molecular weight excluding hydrogens is 493 g/mol. The maximum atomic E-state index is 14.5. The number of rotatable bonds is 5. The number of halogens is 1. The molecule has 0 radical (unpaired) electrons. The molecule has 3 heterocycles. The number of hydrogen-bond acceptors (Lipinski definition) is 5. The van der Waals surface area contributed by atoms with Crippen molar-refractivity contribution in [2.75, 3.05) is 32.8 Å². The number of amides is 1. The fourth-order valence-electron chi connectivity index (χ4n) is 6.82. The van der Waals surface area contributed by atoms with Crippen LogP contribution in [0.2, 0.25) is 0 Å². The molecule has 3 fully saturated rings. The molecule has 6 rings (SSSR count). The van der Waals surface area contributed by atoms with E-state index in [1.165, 1.54) is 30.5 Å². The van der Waals surface area contributed by atoms with Crippen molar-refractivity contribution in [3.8, 4) is 11.1 Å². The lowest BCUT2D eigenvalue weighted by molar-refractivity contribution is 0.00361. The van der Waals surface area contributed by atoms with Crippen LogP contribution in [0.1, 0.15) is 61.4 Å². The molecule has 0 unspecified atom stereocenters. The Hall–Kier alpha value is -2.81. The number of fused-ring (bicyclic) bond motifs is 1. The van der Waals surface area contributed by atoms with E-state index in [-0.39, 0.29) is 11.9 Å². The topological polar surface area (TPSA) is 76.6 Å². The van der Waals surface area contributed by atoms with E-state index in [0.717, 1.165) is 53.9 Å². The van der Waals surface area contributed by atoms with Crippen LogP contribution in [-0.2, 0) is 11.8 Å². The van der Waals surface area contributed by atoms with Crippen LogP contribution < -0.4 is 5.73 Å². The second-order valence-corrected chi connectivity index (χ2v) is 11.9. The molecule has 2 saturated heterocycles. The summed E-state index contributed by atoms with van der Waals surface area (Å²) in [6.07, 6.45) is 6.56. The van der Waals surface area contributed by atoms with E-state index in [2.05, 4.69) is 29.1 Å². The highest BCUT2D eigenvalue weighted by Crippen LogP contribution is 2.40. The Morgan fingerprint density at radius 2 is 1.90 bits per heavy atom. The summed E-state index contributed by atoms with van der Waals surface area (Å²) in [5, 5.41) is 5.51. The zero-order valence-electron chi connectivity index (χ0n) is 23.3. The molecule has 1 aromatic heterocycles. The van der Waals surface area contributed by atoms with E-state index in [1.54, 1.807) is 11.0 Å². The highest BCUT2D eigenvalue weighted by atomic mass is 19.1. The third-order valence-electron chi connectivity index (χ3n) is 9.48. The molecule has 0 bridgehead atoms. The molecule has 8 heteroatoms. The van der Waals surface area contributed by atoms with Gasteiger partial charge in [0.05, 0.1) is 36.5 Å². The predicted molar refractivity (Wildman–Crippen MR) is 151 cm³/mol. The third-order valence-corrected chi connectivity index (χ3v) is 9.48. The first-order valence-corrected chi connectivity index (χ1v) is 14.4. The second kappa shape index (κ2) is 10.6. The number of nitrogens with two attached hydrogens (primary N) is 1. The molecule has 2 atom stereocenters. The maximum absolute atomic E-state index is 14.5. The molecule has 2 aliphatic heterocycles. The zero-order chi connectivity index (χ0) is 27.3. The van der Waals surface area contributed by atoms with Crippen LogP contribution in [0.25, 0.3) is 22.0 Å². The Kier molecular flexibility index (Phi) is 7.20. The molecule has 1 aliphatic carbocycles. The van der Waals surface area contributed by atoms with E-state index < -0.39 is 5.82 Å². The predicted octanol–water partition coefficient (Wildman–Crippen LogP) is 4.55.